The number of hydrogen-bond acceptors (Lipinski definition) is 3. The molecule has 1 aliphatic rings. The van der Waals surface area contributed by atoms with Gasteiger partial charge in [0.1, 0.15) is 5.82 Å². The Hall–Kier alpha value is -3.03. The van der Waals surface area contributed by atoms with E-state index in [-0.39, 0.29) is 23.6 Å². The van der Waals surface area contributed by atoms with Crippen molar-refractivity contribution in [2.24, 2.45) is 5.92 Å². The maximum atomic E-state index is 13.2. The van der Waals surface area contributed by atoms with Crippen molar-refractivity contribution in [1.29, 1.82) is 0 Å². The molecule has 34 heavy (non-hydrogen) atoms. The maximum absolute atomic E-state index is 13.2. The lowest BCUT2D eigenvalue weighted by Gasteiger charge is -2.31. The Morgan fingerprint density at radius 3 is 2.15 bits per heavy atom. The average molecular weight is 481 g/mol. The fourth-order valence-corrected chi connectivity index (χ4v) is 5.87. The summed E-state index contributed by atoms with van der Waals surface area (Å²) < 4.78 is 40.2. The molecule has 7 heteroatoms. The summed E-state index contributed by atoms with van der Waals surface area (Å²) in [4.78, 5) is 13.2. The second-order valence-electron chi connectivity index (χ2n) is 8.82. The molecule has 5 nitrogen and oxygen atoms in total. The van der Waals surface area contributed by atoms with Crippen LogP contribution < -0.4 is 5.32 Å². The Bertz CT molecular complexity index is 1200. The molecule has 0 bridgehead atoms. The van der Waals surface area contributed by atoms with Gasteiger partial charge in [-0.25, -0.2) is 17.1 Å². The minimum Gasteiger partial charge on any atom is -0.345 e. The number of benzene rings is 3. The quantitative estimate of drug-likeness (QED) is 0.538. The number of rotatable bonds is 7. The summed E-state index contributed by atoms with van der Waals surface area (Å²) >= 11 is 0. The molecule has 0 saturated carbocycles. The summed E-state index contributed by atoms with van der Waals surface area (Å²) in [6, 6.07) is 23.2. The predicted octanol–water partition coefficient (Wildman–Crippen LogP) is 4.58. The van der Waals surface area contributed by atoms with Gasteiger partial charge in [0, 0.05) is 19.0 Å². The maximum Gasteiger partial charge on any atom is 0.223 e. The minimum absolute atomic E-state index is 0.0648. The molecule has 1 saturated heterocycles. The SMILES string of the molecule is Cc1ccc(C(NC(=O)C2CCN(S(=O)(=O)Cc3ccc(F)cc3)CC2)c2ccccc2)cc1. The van der Waals surface area contributed by atoms with Gasteiger partial charge < -0.3 is 5.32 Å². The first-order valence-corrected chi connectivity index (χ1v) is 13.1. The van der Waals surface area contributed by atoms with Crippen molar-refractivity contribution < 1.29 is 17.6 Å². The average Bonchev–Trinajstić information content (AvgIpc) is 2.85. The molecule has 1 atom stereocenters. The number of sulfonamides is 1. The summed E-state index contributed by atoms with van der Waals surface area (Å²) in [5, 5.41) is 3.20. The van der Waals surface area contributed by atoms with E-state index < -0.39 is 15.8 Å². The third kappa shape index (κ3) is 5.90. The second-order valence-corrected chi connectivity index (χ2v) is 10.8. The summed E-state index contributed by atoms with van der Waals surface area (Å²) in [6.45, 7) is 2.61. The van der Waals surface area contributed by atoms with Crippen LogP contribution in [0.2, 0.25) is 0 Å². The number of carbonyl (C=O) groups is 1. The number of piperidine rings is 1. The van der Waals surface area contributed by atoms with Crippen molar-refractivity contribution in [2.75, 3.05) is 13.1 Å². The van der Waals surface area contributed by atoms with E-state index in [1.807, 2.05) is 61.5 Å². The molecule has 1 heterocycles. The van der Waals surface area contributed by atoms with Crippen molar-refractivity contribution in [2.45, 2.75) is 31.6 Å². The van der Waals surface area contributed by atoms with Crippen LogP contribution in [-0.2, 0) is 20.6 Å². The first-order chi connectivity index (χ1) is 16.3. The standard InChI is InChI=1S/C27H29FN2O3S/c1-20-7-11-23(12-8-20)26(22-5-3-2-4-6-22)29-27(31)24-15-17-30(18-16-24)34(32,33)19-21-9-13-25(28)14-10-21/h2-14,24,26H,15-19H2,1H3,(H,29,31). The van der Waals surface area contributed by atoms with Crippen LogP contribution >= 0.6 is 0 Å². The molecule has 1 N–H and O–H groups in total. The molecule has 1 aliphatic heterocycles. The molecule has 0 radical (unpaired) electrons. The Balaban J connectivity index is 1.40. The summed E-state index contributed by atoms with van der Waals surface area (Å²) in [7, 11) is -3.53. The van der Waals surface area contributed by atoms with E-state index in [2.05, 4.69) is 5.32 Å². The zero-order valence-corrected chi connectivity index (χ0v) is 20.0. The molecular formula is C27H29FN2O3S. The van der Waals surface area contributed by atoms with Crippen LogP contribution in [0.4, 0.5) is 4.39 Å². The predicted molar refractivity (Wildman–Crippen MR) is 131 cm³/mol. The molecule has 178 valence electrons. The molecule has 3 aromatic carbocycles. The van der Waals surface area contributed by atoms with Crippen molar-refractivity contribution in [3.63, 3.8) is 0 Å². The van der Waals surface area contributed by atoms with Crippen molar-refractivity contribution in [1.82, 2.24) is 9.62 Å². The Morgan fingerprint density at radius 1 is 0.941 bits per heavy atom. The fraction of sp³-hybridized carbons (Fsp3) is 0.296. The highest BCUT2D eigenvalue weighted by Crippen LogP contribution is 2.26. The highest BCUT2D eigenvalue weighted by atomic mass is 32.2. The number of halogens is 1. The molecular weight excluding hydrogens is 451 g/mol. The fourth-order valence-electron chi connectivity index (χ4n) is 4.30. The monoisotopic (exact) mass is 480 g/mol. The van der Waals surface area contributed by atoms with Gasteiger partial charge in [0.15, 0.2) is 0 Å². The minimum atomic E-state index is -3.53. The van der Waals surface area contributed by atoms with Crippen LogP contribution in [0.3, 0.4) is 0 Å². The number of hydrogen-bond donors (Lipinski definition) is 1. The van der Waals surface area contributed by atoms with Crippen molar-refractivity contribution in [3.05, 3.63) is 107 Å². The Morgan fingerprint density at radius 2 is 1.53 bits per heavy atom. The summed E-state index contributed by atoms with van der Waals surface area (Å²) in [5.41, 5.74) is 3.70. The van der Waals surface area contributed by atoms with Gasteiger partial charge in [0.05, 0.1) is 11.8 Å². The van der Waals surface area contributed by atoms with Crippen molar-refractivity contribution in [3.8, 4) is 0 Å². The molecule has 1 amide bonds. The summed E-state index contributed by atoms with van der Waals surface area (Å²) in [6.07, 6.45) is 0.924. The number of nitrogens with one attached hydrogen (secondary N) is 1. The third-order valence-electron chi connectivity index (χ3n) is 6.31. The number of nitrogens with zero attached hydrogens (tertiary/aromatic N) is 1. The lowest BCUT2D eigenvalue weighted by molar-refractivity contribution is -0.126. The lowest BCUT2D eigenvalue weighted by atomic mass is 9.94. The van der Waals surface area contributed by atoms with E-state index in [1.165, 1.54) is 28.6 Å². The normalized spacial score (nSPS) is 16.2. The summed E-state index contributed by atoms with van der Waals surface area (Å²) in [5.74, 6) is -0.889. The molecule has 1 unspecified atom stereocenters. The van der Waals surface area contributed by atoms with E-state index in [1.54, 1.807) is 0 Å². The first kappa shape index (κ1) is 24.1. The zero-order chi connectivity index (χ0) is 24.1. The van der Waals surface area contributed by atoms with Crippen LogP contribution in [0.25, 0.3) is 0 Å². The van der Waals surface area contributed by atoms with E-state index in [0.717, 1.165) is 16.7 Å². The van der Waals surface area contributed by atoms with Crippen LogP contribution in [0.5, 0.6) is 0 Å². The van der Waals surface area contributed by atoms with Gasteiger partial charge in [-0.15, -0.1) is 0 Å². The Labute approximate surface area is 200 Å². The number of aryl methyl sites for hydroxylation is 1. The molecule has 1 fully saturated rings. The van der Waals surface area contributed by atoms with Gasteiger partial charge in [0.25, 0.3) is 0 Å². The van der Waals surface area contributed by atoms with E-state index in [0.29, 0.717) is 31.5 Å². The first-order valence-electron chi connectivity index (χ1n) is 11.5. The Kier molecular flexibility index (Phi) is 7.44. The van der Waals surface area contributed by atoms with Crippen LogP contribution in [0.15, 0.2) is 78.9 Å². The van der Waals surface area contributed by atoms with E-state index >= 15 is 0 Å². The molecule has 0 aromatic heterocycles. The lowest BCUT2D eigenvalue weighted by Crippen LogP contribution is -2.44. The van der Waals surface area contributed by atoms with Gasteiger partial charge >= 0.3 is 0 Å². The molecule has 4 rings (SSSR count). The van der Waals surface area contributed by atoms with Crippen LogP contribution in [0.1, 0.15) is 41.1 Å². The van der Waals surface area contributed by atoms with Crippen molar-refractivity contribution >= 4 is 15.9 Å². The third-order valence-corrected chi connectivity index (χ3v) is 8.16. The van der Waals surface area contributed by atoms with Crippen LogP contribution in [-0.4, -0.2) is 31.7 Å². The van der Waals surface area contributed by atoms with Gasteiger partial charge in [-0.1, -0.05) is 72.3 Å². The zero-order valence-electron chi connectivity index (χ0n) is 19.2. The van der Waals surface area contributed by atoms with Gasteiger partial charge in [-0.3, -0.25) is 4.79 Å². The van der Waals surface area contributed by atoms with Gasteiger partial charge in [-0.05, 0) is 48.6 Å². The highest BCUT2D eigenvalue weighted by Gasteiger charge is 2.32. The van der Waals surface area contributed by atoms with Gasteiger partial charge in [-0.2, -0.15) is 0 Å². The van der Waals surface area contributed by atoms with Gasteiger partial charge in [0.2, 0.25) is 15.9 Å². The van der Waals surface area contributed by atoms with Crippen LogP contribution in [0, 0.1) is 18.7 Å². The molecule has 0 aliphatic carbocycles. The highest BCUT2D eigenvalue weighted by molar-refractivity contribution is 7.88. The van der Waals surface area contributed by atoms with E-state index in [4.69, 9.17) is 0 Å². The molecule has 0 spiro atoms. The smallest absolute Gasteiger partial charge is 0.223 e. The molecule has 3 aromatic rings. The number of amides is 1. The number of carbonyl (C=O) groups excluding carboxylic acids is 1. The second kappa shape index (κ2) is 10.5. The largest absolute Gasteiger partial charge is 0.345 e. The topological polar surface area (TPSA) is 66.5 Å². The van der Waals surface area contributed by atoms with E-state index in [9.17, 15) is 17.6 Å².